The molecule has 98 valence electrons. The quantitative estimate of drug-likeness (QED) is 0.736. The first kappa shape index (κ1) is 12.9. The van der Waals surface area contributed by atoms with Crippen LogP contribution in [0.15, 0.2) is 24.3 Å². The van der Waals surface area contributed by atoms with E-state index < -0.39 is 0 Å². The molecule has 0 N–H and O–H groups in total. The summed E-state index contributed by atoms with van der Waals surface area (Å²) >= 11 is 9.24. The van der Waals surface area contributed by atoms with Gasteiger partial charge >= 0.3 is 0 Å². The Kier molecular flexibility index (Phi) is 3.72. The van der Waals surface area contributed by atoms with Gasteiger partial charge in [-0.1, -0.05) is 42.0 Å². The van der Waals surface area contributed by atoms with Crippen molar-refractivity contribution in [2.24, 2.45) is 0 Å². The van der Waals surface area contributed by atoms with Gasteiger partial charge in [-0.2, -0.15) is 21.4 Å². The number of aromatic nitrogens is 4. The summed E-state index contributed by atoms with van der Waals surface area (Å²) in [6.45, 7) is 2.13. The fourth-order valence-electron chi connectivity index (χ4n) is 1.65. The van der Waals surface area contributed by atoms with Gasteiger partial charge in [0.25, 0.3) is 0 Å². The SMILES string of the molecule is CCSCc1nnc2sc(-c3ccc(Cl)cc3)nn12. The van der Waals surface area contributed by atoms with Crippen LogP contribution in [0.4, 0.5) is 0 Å². The summed E-state index contributed by atoms with van der Waals surface area (Å²) in [7, 11) is 0. The summed E-state index contributed by atoms with van der Waals surface area (Å²) in [5.41, 5.74) is 1.05. The third-order valence-corrected chi connectivity index (χ3v) is 4.65. The Morgan fingerprint density at radius 3 is 2.79 bits per heavy atom. The minimum absolute atomic E-state index is 0.729. The van der Waals surface area contributed by atoms with Crippen molar-refractivity contribution in [3.8, 4) is 10.6 Å². The fourth-order valence-corrected chi connectivity index (χ4v) is 3.21. The van der Waals surface area contributed by atoms with Crippen LogP contribution in [0, 0.1) is 0 Å². The molecular weight excluding hydrogens is 300 g/mol. The van der Waals surface area contributed by atoms with Crippen LogP contribution in [0.1, 0.15) is 12.7 Å². The van der Waals surface area contributed by atoms with Gasteiger partial charge in [0.15, 0.2) is 5.82 Å². The number of nitrogens with zero attached hydrogens (tertiary/aromatic N) is 4. The van der Waals surface area contributed by atoms with E-state index in [0.29, 0.717) is 0 Å². The molecule has 0 atom stereocenters. The van der Waals surface area contributed by atoms with E-state index in [1.807, 2.05) is 40.5 Å². The number of thioether (sulfide) groups is 1. The largest absolute Gasteiger partial charge is 0.235 e. The van der Waals surface area contributed by atoms with E-state index in [1.54, 1.807) is 0 Å². The Morgan fingerprint density at radius 1 is 1.26 bits per heavy atom. The summed E-state index contributed by atoms with van der Waals surface area (Å²) in [6.07, 6.45) is 0. The van der Waals surface area contributed by atoms with Crippen molar-refractivity contribution in [3.05, 3.63) is 35.1 Å². The van der Waals surface area contributed by atoms with Crippen LogP contribution in [0.25, 0.3) is 15.5 Å². The van der Waals surface area contributed by atoms with Gasteiger partial charge < -0.3 is 0 Å². The van der Waals surface area contributed by atoms with Crippen molar-refractivity contribution in [2.75, 3.05) is 5.75 Å². The second kappa shape index (κ2) is 5.48. The molecular formula is C12H11ClN4S2. The Balaban J connectivity index is 1.97. The first-order valence-corrected chi connectivity index (χ1v) is 8.17. The highest BCUT2D eigenvalue weighted by molar-refractivity contribution is 7.98. The summed E-state index contributed by atoms with van der Waals surface area (Å²) in [4.78, 5) is 0.830. The Morgan fingerprint density at radius 2 is 2.05 bits per heavy atom. The zero-order valence-electron chi connectivity index (χ0n) is 10.2. The zero-order valence-corrected chi connectivity index (χ0v) is 12.6. The predicted molar refractivity (Wildman–Crippen MR) is 80.9 cm³/mol. The molecule has 0 aliphatic rings. The normalized spacial score (nSPS) is 11.3. The summed E-state index contributed by atoms with van der Waals surface area (Å²) in [6, 6.07) is 7.67. The van der Waals surface area contributed by atoms with Gasteiger partial charge in [-0.25, -0.2) is 0 Å². The number of fused-ring (bicyclic) bond motifs is 1. The predicted octanol–water partition coefficient (Wildman–Crippen LogP) is 3.76. The van der Waals surface area contributed by atoms with E-state index in [1.165, 1.54) is 11.3 Å². The van der Waals surface area contributed by atoms with E-state index in [0.717, 1.165) is 37.9 Å². The average molecular weight is 311 g/mol. The van der Waals surface area contributed by atoms with E-state index >= 15 is 0 Å². The van der Waals surface area contributed by atoms with E-state index in [-0.39, 0.29) is 0 Å². The number of benzene rings is 1. The van der Waals surface area contributed by atoms with Gasteiger partial charge in [-0.05, 0) is 17.9 Å². The lowest BCUT2D eigenvalue weighted by Crippen LogP contribution is -1.94. The van der Waals surface area contributed by atoms with Gasteiger partial charge in [0.1, 0.15) is 5.01 Å². The minimum Gasteiger partial charge on any atom is -0.186 e. The molecule has 3 rings (SSSR count). The van der Waals surface area contributed by atoms with E-state index in [4.69, 9.17) is 11.6 Å². The molecule has 4 nitrogen and oxygen atoms in total. The van der Waals surface area contributed by atoms with Crippen molar-refractivity contribution in [1.29, 1.82) is 0 Å². The van der Waals surface area contributed by atoms with Gasteiger partial charge in [0.05, 0.1) is 5.75 Å². The van der Waals surface area contributed by atoms with Crippen LogP contribution in [0.2, 0.25) is 5.02 Å². The molecule has 0 spiro atoms. The zero-order chi connectivity index (χ0) is 13.2. The Hall–Kier alpha value is -1.11. The lowest BCUT2D eigenvalue weighted by atomic mass is 10.2. The van der Waals surface area contributed by atoms with Gasteiger partial charge in [-0.15, -0.1) is 10.2 Å². The maximum Gasteiger partial charge on any atom is 0.235 e. The van der Waals surface area contributed by atoms with Crippen LogP contribution in [0.5, 0.6) is 0 Å². The van der Waals surface area contributed by atoms with Crippen LogP contribution < -0.4 is 0 Å². The molecule has 0 unspecified atom stereocenters. The highest BCUT2D eigenvalue weighted by Crippen LogP contribution is 2.27. The number of halogens is 1. The first-order chi connectivity index (χ1) is 9.28. The standard InChI is InChI=1S/C12H11ClN4S2/c1-2-18-7-10-14-15-12-17(10)16-11(19-12)8-3-5-9(13)6-4-8/h3-6H,2,7H2,1H3. The molecule has 0 aliphatic heterocycles. The van der Waals surface area contributed by atoms with Crippen molar-refractivity contribution in [1.82, 2.24) is 19.8 Å². The van der Waals surface area contributed by atoms with Gasteiger partial charge in [0.2, 0.25) is 4.96 Å². The number of hydrogen-bond acceptors (Lipinski definition) is 5. The van der Waals surface area contributed by atoms with Crippen LogP contribution >= 0.6 is 34.7 Å². The Bertz CT molecular complexity index is 689. The highest BCUT2D eigenvalue weighted by atomic mass is 35.5. The average Bonchev–Trinajstić information content (AvgIpc) is 2.98. The third kappa shape index (κ3) is 2.61. The summed E-state index contributed by atoms with van der Waals surface area (Å²) < 4.78 is 1.83. The lowest BCUT2D eigenvalue weighted by Gasteiger charge is -1.96. The summed E-state index contributed by atoms with van der Waals surface area (Å²) in [5.74, 6) is 2.79. The van der Waals surface area contributed by atoms with Crippen molar-refractivity contribution < 1.29 is 0 Å². The van der Waals surface area contributed by atoms with Gasteiger partial charge in [0, 0.05) is 10.6 Å². The van der Waals surface area contributed by atoms with E-state index in [9.17, 15) is 0 Å². The van der Waals surface area contributed by atoms with Crippen LogP contribution in [-0.2, 0) is 5.75 Å². The molecule has 2 heterocycles. The monoisotopic (exact) mass is 310 g/mol. The topological polar surface area (TPSA) is 43.1 Å². The number of hydrogen-bond donors (Lipinski definition) is 0. The first-order valence-electron chi connectivity index (χ1n) is 5.82. The molecule has 0 saturated heterocycles. The second-order valence-electron chi connectivity index (χ2n) is 3.86. The Labute approximate surface area is 123 Å². The molecule has 1 aromatic carbocycles. The highest BCUT2D eigenvalue weighted by Gasteiger charge is 2.12. The molecule has 0 fully saturated rings. The molecule has 0 saturated carbocycles. The molecule has 3 aromatic rings. The smallest absolute Gasteiger partial charge is 0.186 e. The third-order valence-electron chi connectivity index (χ3n) is 2.58. The molecule has 0 bridgehead atoms. The van der Waals surface area contributed by atoms with Crippen LogP contribution in [0.3, 0.4) is 0 Å². The second-order valence-corrected chi connectivity index (χ2v) is 6.53. The molecule has 7 heteroatoms. The molecule has 2 aromatic heterocycles. The molecule has 0 amide bonds. The lowest BCUT2D eigenvalue weighted by molar-refractivity contribution is 0.887. The molecule has 19 heavy (non-hydrogen) atoms. The van der Waals surface area contributed by atoms with Crippen LogP contribution in [-0.4, -0.2) is 25.6 Å². The van der Waals surface area contributed by atoms with Crippen molar-refractivity contribution in [3.63, 3.8) is 0 Å². The fraction of sp³-hybridized carbons (Fsp3) is 0.250. The molecule has 0 radical (unpaired) electrons. The van der Waals surface area contributed by atoms with Crippen molar-refractivity contribution >= 4 is 39.7 Å². The maximum atomic E-state index is 5.89. The summed E-state index contributed by atoms with van der Waals surface area (Å²) in [5, 5.41) is 14.6. The minimum atomic E-state index is 0.729. The molecule has 0 aliphatic carbocycles. The maximum absolute atomic E-state index is 5.89. The van der Waals surface area contributed by atoms with E-state index in [2.05, 4.69) is 22.2 Å². The van der Waals surface area contributed by atoms with Gasteiger partial charge in [-0.3, -0.25) is 0 Å². The number of rotatable bonds is 4. The van der Waals surface area contributed by atoms with Crippen molar-refractivity contribution in [2.45, 2.75) is 12.7 Å².